The SMILES string of the molecule is Clc1cccc2nc3n(-c4cc(-c5ccccc5)cc(-c5ccccc5)c4)c4ccccc4n3c12. The fourth-order valence-corrected chi connectivity index (χ4v) is 5.24. The normalized spacial score (nSPS) is 11.6. The monoisotopic (exact) mass is 469 g/mol. The molecule has 0 fully saturated rings. The number of hydrogen-bond acceptors (Lipinski definition) is 1. The Kier molecular flexibility index (Phi) is 4.51. The zero-order valence-corrected chi connectivity index (χ0v) is 19.5. The molecule has 2 heterocycles. The molecule has 0 amide bonds. The second-order valence-corrected chi connectivity index (χ2v) is 9.09. The number of halogens is 1. The molecule has 0 radical (unpaired) electrons. The van der Waals surface area contributed by atoms with Gasteiger partial charge in [-0.05, 0) is 64.7 Å². The summed E-state index contributed by atoms with van der Waals surface area (Å²) in [5.74, 6) is 0.846. The van der Waals surface area contributed by atoms with Crippen LogP contribution in [0.1, 0.15) is 0 Å². The van der Waals surface area contributed by atoms with Crippen LogP contribution in [0.25, 0.3) is 55.8 Å². The van der Waals surface area contributed by atoms with Crippen LogP contribution < -0.4 is 0 Å². The molecular weight excluding hydrogens is 450 g/mol. The first kappa shape index (κ1) is 20.1. The van der Waals surface area contributed by atoms with E-state index < -0.39 is 0 Å². The van der Waals surface area contributed by atoms with Gasteiger partial charge in [0.2, 0.25) is 5.78 Å². The van der Waals surface area contributed by atoms with Gasteiger partial charge < -0.3 is 0 Å². The third-order valence-corrected chi connectivity index (χ3v) is 6.87. The molecule has 7 aromatic rings. The summed E-state index contributed by atoms with van der Waals surface area (Å²) in [7, 11) is 0. The summed E-state index contributed by atoms with van der Waals surface area (Å²) in [5.41, 5.74) is 9.70. The molecule has 35 heavy (non-hydrogen) atoms. The minimum absolute atomic E-state index is 0.695. The van der Waals surface area contributed by atoms with Crippen LogP contribution in [0.2, 0.25) is 5.02 Å². The quantitative estimate of drug-likeness (QED) is 0.254. The van der Waals surface area contributed by atoms with E-state index in [4.69, 9.17) is 16.6 Å². The Morgan fingerprint density at radius 1 is 0.543 bits per heavy atom. The van der Waals surface area contributed by atoms with Crippen LogP contribution in [0.5, 0.6) is 0 Å². The first-order valence-corrected chi connectivity index (χ1v) is 12.0. The van der Waals surface area contributed by atoms with E-state index in [1.807, 2.05) is 30.3 Å². The number of hydrogen-bond donors (Lipinski definition) is 0. The molecule has 0 bridgehead atoms. The lowest BCUT2D eigenvalue weighted by atomic mass is 9.98. The smallest absolute Gasteiger partial charge is 0.220 e. The van der Waals surface area contributed by atoms with E-state index in [1.165, 1.54) is 11.1 Å². The third-order valence-electron chi connectivity index (χ3n) is 6.56. The molecule has 7 rings (SSSR count). The van der Waals surface area contributed by atoms with Gasteiger partial charge in [-0.1, -0.05) is 90.5 Å². The third kappa shape index (κ3) is 3.17. The van der Waals surface area contributed by atoms with Crippen LogP contribution in [0.4, 0.5) is 0 Å². The van der Waals surface area contributed by atoms with E-state index in [0.29, 0.717) is 5.02 Å². The van der Waals surface area contributed by atoms with Gasteiger partial charge in [-0.25, -0.2) is 4.98 Å². The Bertz CT molecular complexity index is 1790. The summed E-state index contributed by atoms with van der Waals surface area (Å²) < 4.78 is 4.41. The molecular formula is C31H20ClN3. The number of benzene rings is 5. The van der Waals surface area contributed by atoms with Gasteiger partial charge >= 0.3 is 0 Å². The molecule has 166 valence electrons. The minimum Gasteiger partial charge on any atom is -0.278 e. The molecule has 0 aliphatic rings. The summed E-state index contributed by atoms with van der Waals surface area (Å²) in [4.78, 5) is 5.04. The summed E-state index contributed by atoms with van der Waals surface area (Å²) in [6.45, 7) is 0. The summed E-state index contributed by atoms with van der Waals surface area (Å²) in [6, 6.07) is 42.1. The molecule has 0 unspecified atom stereocenters. The average Bonchev–Trinajstić information content (AvgIpc) is 3.44. The summed E-state index contributed by atoms with van der Waals surface area (Å²) >= 11 is 6.67. The number of rotatable bonds is 3. The number of aromatic nitrogens is 3. The average molecular weight is 470 g/mol. The molecule has 0 aliphatic heterocycles. The standard InChI is InChI=1S/C31H20ClN3/c32-26-14-9-15-27-30(26)35-29-17-8-7-16-28(29)34(31(35)33-27)25-19-23(21-10-3-1-4-11-21)18-24(20-25)22-12-5-2-6-13-22/h1-20H. The Morgan fingerprint density at radius 2 is 1.14 bits per heavy atom. The Labute approximate surface area is 207 Å². The Morgan fingerprint density at radius 3 is 1.80 bits per heavy atom. The predicted octanol–water partition coefficient (Wildman–Crippen LogP) is 8.42. The maximum atomic E-state index is 6.67. The van der Waals surface area contributed by atoms with E-state index in [0.717, 1.165) is 44.7 Å². The van der Waals surface area contributed by atoms with Gasteiger partial charge in [-0.2, -0.15) is 0 Å². The Balaban J connectivity index is 1.60. The molecule has 3 nitrogen and oxygen atoms in total. The zero-order chi connectivity index (χ0) is 23.4. The Hall–Kier alpha value is -4.34. The van der Waals surface area contributed by atoms with E-state index >= 15 is 0 Å². The van der Waals surface area contributed by atoms with Crippen molar-refractivity contribution in [3.63, 3.8) is 0 Å². The van der Waals surface area contributed by atoms with Gasteiger partial charge in [0.25, 0.3) is 0 Å². The second kappa shape index (κ2) is 7.86. The van der Waals surface area contributed by atoms with Gasteiger partial charge in [0.1, 0.15) is 0 Å². The van der Waals surface area contributed by atoms with Gasteiger partial charge in [0.15, 0.2) is 0 Å². The lowest BCUT2D eigenvalue weighted by Crippen LogP contribution is -1.97. The molecule has 0 spiro atoms. The van der Waals surface area contributed by atoms with Crippen LogP contribution in [0.15, 0.2) is 121 Å². The van der Waals surface area contributed by atoms with Crippen LogP contribution in [0, 0.1) is 0 Å². The van der Waals surface area contributed by atoms with E-state index in [-0.39, 0.29) is 0 Å². The highest BCUT2D eigenvalue weighted by Crippen LogP contribution is 2.35. The van der Waals surface area contributed by atoms with Crippen LogP contribution in [0.3, 0.4) is 0 Å². The van der Waals surface area contributed by atoms with Crippen LogP contribution >= 0.6 is 11.6 Å². The van der Waals surface area contributed by atoms with E-state index in [9.17, 15) is 0 Å². The highest BCUT2D eigenvalue weighted by Gasteiger charge is 2.19. The minimum atomic E-state index is 0.695. The molecule has 4 heteroatoms. The van der Waals surface area contributed by atoms with Gasteiger partial charge in [-0.3, -0.25) is 8.97 Å². The van der Waals surface area contributed by atoms with Crippen LogP contribution in [-0.4, -0.2) is 14.0 Å². The molecule has 0 aliphatic carbocycles. The molecule has 0 saturated carbocycles. The van der Waals surface area contributed by atoms with Crippen molar-refractivity contribution in [1.82, 2.24) is 14.0 Å². The van der Waals surface area contributed by atoms with Gasteiger partial charge in [0.05, 0.1) is 32.8 Å². The lowest BCUT2D eigenvalue weighted by Gasteiger charge is -2.12. The zero-order valence-electron chi connectivity index (χ0n) is 18.8. The number of nitrogens with zero attached hydrogens (tertiary/aromatic N) is 3. The number of fused-ring (bicyclic) bond motifs is 5. The van der Waals surface area contributed by atoms with Crippen molar-refractivity contribution in [2.75, 3.05) is 0 Å². The van der Waals surface area contributed by atoms with Crippen molar-refractivity contribution in [2.45, 2.75) is 0 Å². The van der Waals surface area contributed by atoms with Gasteiger partial charge in [-0.15, -0.1) is 0 Å². The number of para-hydroxylation sites is 3. The largest absolute Gasteiger partial charge is 0.278 e. The highest BCUT2D eigenvalue weighted by molar-refractivity contribution is 6.35. The van der Waals surface area contributed by atoms with Crippen molar-refractivity contribution < 1.29 is 0 Å². The van der Waals surface area contributed by atoms with Crippen molar-refractivity contribution in [3.05, 3.63) is 126 Å². The maximum Gasteiger partial charge on any atom is 0.220 e. The molecule has 2 aromatic heterocycles. The lowest BCUT2D eigenvalue weighted by molar-refractivity contribution is 1.11. The first-order valence-electron chi connectivity index (χ1n) is 11.6. The molecule has 0 saturated heterocycles. The van der Waals surface area contributed by atoms with Crippen molar-refractivity contribution in [1.29, 1.82) is 0 Å². The molecule has 0 N–H and O–H groups in total. The fraction of sp³-hybridized carbons (Fsp3) is 0. The van der Waals surface area contributed by atoms with Crippen LogP contribution in [-0.2, 0) is 0 Å². The molecule has 0 atom stereocenters. The number of imidazole rings is 2. The van der Waals surface area contributed by atoms with E-state index in [1.54, 1.807) is 0 Å². The van der Waals surface area contributed by atoms with E-state index in [2.05, 4.69) is 100.0 Å². The summed E-state index contributed by atoms with van der Waals surface area (Å²) in [6.07, 6.45) is 0. The van der Waals surface area contributed by atoms with Crippen molar-refractivity contribution in [2.24, 2.45) is 0 Å². The van der Waals surface area contributed by atoms with Gasteiger partial charge in [0, 0.05) is 0 Å². The fourth-order valence-electron chi connectivity index (χ4n) is 4.99. The summed E-state index contributed by atoms with van der Waals surface area (Å²) in [5, 5.41) is 0.695. The second-order valence-electron chi connectivity index (χ2n) is 8.68. The highest BCUT2D eigenvalue weighted by atomic mass is 35.5. The van der Waals surface area contributed by atoms with Crippen molar-refractivity contribution >= 4 is 39.4 Å². The maximum absolute atomic E-state index is 6.67. The first-order chi connectivity index (χ1) is 17.3. The molecule has 5 aromatic carbocycles. The predicted molar refractivity (Wildman–Crippen MR) is 145 cm³/mol. The van der Waals surface area contributed by atoms with Crippen molar-refractivity contribution in [3.8, 4) is 27.9 Å². The topological polar surface area (TPSA) is 22.2 Å².